The van der Waals surface area contributed by atoms with E-state index in [-0.39, 0.29) is 10.1 Å². The molecule has 9 nitrogen and oxygen atoms in total. The Kier molecular flexibility index (Phi) is 3.89. The van der Waals surface area contributed by atoms with E-state index in [2.05, 4.69) is 25.9 Å². The number of nitrogens with one attached hydrogen (secondary N) is 1. The zero-order chi connectivity index (χ0) is 16.9. The predicted octanol–water partition coefficient (Wildman–Crippen LogP) is -1.15. The second kappa shape index (κ2) is 5.49. The first-order valence-corrected chi connectivity index (χ1v) is 7.53. The van der Waals surface area contributed by atoms with Gasteiger partial charge in [0.25, 0.3) is 5.56 Å². The normalized spacial score (nSPS) is 30.9. The van der Waals surface area contributed by atoms with Crippen molar-refractivity contribution in [2.24, 2.45) is 0 Å². The van der Waals surface area contributed by atoms with E-state index in [1.807, 2.05) is 0 Å². The molecule has 3 heterocycles. The summed E-state index contributed by atoms with van der Waals surface area (Å²) in [6, 6.07) is 1.47. The molecule has 124 valence electrons. The largest absolute Gasteiger partial charge is 0.394 e. The van der Waals surface area contributed by atoms with Crippen molar-refractivity contribution in [3.05, 3.63) is 37.6 Å². The third-order valence-corrected chi connectivity index (χ3v) is 4.49. The number of aliphatic hydroxyl groups is 3. The molecule has 0 spiro atoms. The smallest absolute Gasteiger partial charge is 0.351 e. The number of hydrogen-bond donors (Lipinski definition) is 4. The predicted molar refractivity (Wildman–Crippen MR) is 82.0 cm³/mol. The molecule has 4 N–H and O–H groups in total. The maximum atomic E-state index is 12.2. The van der Waals surface area contributed by atoms with Gasteiger partial charge in [-0.2, -0.15) is 4.98 Å². The number of halogens is 1. The quantitative estimate of drug-likeness (QED) is 0.510. The fourth-order valence-electron chi connectivity index (χ4n) is 2.62. The lowest BCUT2D eigenvalue weighted by molar-refractivity contribution is -0.0985. The van der Waals surface area contributed by atoms with Crippen molar-refractivity contribution in [1.82, 2.24) is 14.5 Å². The summed E-state index contributed by atoms with van der Waals surface area (Å²) >= 11 is 3.08. The summed E-state index contributed by atoms with van der Waals surface area (Å²) in [5.41, 5.74) is -2.91. The van der Waals surface area contributed by atoms with Gasteiger partial charge in [0.2, 0.25) is 0 Å². The molecule has 0 radical (unpaired) electrons. The van der Waals surface area contributed by atoms with Crippen LogP contribution in [0.2, 0.25) is 0 Å². The maximum absolute atomic E-state index is 12.2. The topological polar surface area (TPSA) is 138 Å². The number of nitrogens with zero attached hydrogens (tertiary/aromatic N) is 2. The molecule has 23 heavy (non-hydrogen) atoms. The van der Waals surface area contributed by atoms with Crippen molar-refractivity contribution < 1.29 is 20.1 Å². The van der Waals surface area contributed by atoms with Crippen LogP contribution < -0.4 is 11.2 Å². The molecular formula is C13H14BrN3O6. The zero-order valence-electron chi connectivity index (χ0n) is 11.9. The van der Waals surface area contributed by atoms with Crippen LogP contribution in [-0.4, -0.2) is 54.3 Å². The van der Waals surface area contributed by atoms with Gasteiger partial charge in [-0.3, -0.25) is 9.36 Å². The van der Waals surface area contributed by atoms with Crippen LogP contribution in [0.15, 0.2) is 26.3 Å². The Bertz CT molecular complexity index is 876. The first-order valence-electron chi connectivity index (χ1n) is 6.74. The molecule has 0 amide bonds. The van der Waals surface area contributed by atoms with E-state index in [9.17, 15) is 24.9 Å². The molecule has 1 fully saturated rings. The van der Waals surface area contributed by atoms with Crippen molar-refractivity contribution in [2.45, 2.75) is 31.0 Å². The van der Waals surface area contributed by atoms with Crippen LogP contribution in [-0.2, 0) is 4.74 Å². The lowest BCUT2D eigenvalue weighted by Crippen LogP contribution is -2.46. The van der Waals surface area contributed by atoms with Crippen LogP contribution in [0.25, 0.3) is 11.0 Å². The molecule has 0 saturated carbocycles. The monoisotopic (exact) mass is 387 g/mol. The van der Waals surface area contributed by atoms with E-state index in [1.54, 1.807) is 0 Å². The van der Waals surface area contributed by atoms with Crippen LogP contribution in [0.5, 0.6) is 0 Å². The average Bonchev–Trinajstić information content (AvgIpc) is 2.71. The SMILES string of the molecule is C[C@@]1(O)[C@H](O)[C@@H](CO)O[C@H]1n1cc2cc(Br)c(=O)[nH]c2nc1=O. The highest BCUT2D eigenvalue weighted by atomic mass is 79.9. The van der Waals surface area contributed by atoms with Crippen LogP contribution in [0.1, 0.15) is 13.2 Å². The highest BCUT2D eigenvalue weighted by Gasteiger charge is 2.53. The molecule has 0 bridgehead atoms. The second-order valence-corrected chi connectivity index (χ2v) is 6.42. The Labute approximate surface area is 137 Å². The minimum absolute atomic E-state index is 0.0938. The number of aromatic nitrogens is 3. The molecule has 0 aromatic carbocycles. The van der Waals surface area contributed by atoms with Gasteiger partial charge in [-0.05, 0) is 28.9 Å². The lowest BCUT2D eigenvalue weighted by Gasteiger charge is -2.27. The number of pyridine rings is 1. The molecule has 1 aliphatic rings. The fraction of sp³-hybridized carbons (Fsp3) is 0.462. The Morgan fingerprint density at radius 1 is 1.52 bits per heavy atom. The number of fused-ring (bicyclic) bond motifs is 1. The summed E-state index contributed by atoms with van der Waals surface area (Å²) in [4.78, 5) is 29.9. The third-order valence-electron chi connectivity index (χ3n) is 3.90. The molecule has 0 aliphatic carbocycles. The molecule has 0 unspecified atom stereocenters. The van der Waals surface area contributed by atoms with Gasteiger partial charge in [-0.25, -0.2) is 4.79 Å². The number of rotatable bonds is 2. The van der Waals surface area contributed by atoms with Gasteiger partial charge in [-0.15, -0.1) is 0 Å². The summed E-state index contributed by atoms with van der Waals surface area (Å²) in [5.74, 6) is 0. The first-order chi connectivity index (χ1) is 10.8. The van der Waals surface area contributed by atoms with E-state index in [0.29, 0.717) is 5.39 Å². The summed E-state index contributed by atoms with van der Waals surface area (Å²) in [6.45, 7) is 0.792. The van der Waals surface area contributed by atoms with Gasteiger partial charge in [0, 0.05) is 11.6 Å². The Morgan fingerprint density at radius 3 is 2.83 bits per heavy atom. The van der Waals surface area contributed by atoms with Crippen LogP contribution in [0, 0.1) is 0 Å². The molecule has 10 heteroatoms. The second-order valence-electron chi connectivity index (χ2n) is 5.56. The zero-order valence-corrected chi connectivity index (χ0v) is 13.5. The third kappa shape index (κ3) is 2.52. The van der Waals surface area contributed by atoms with Crippen molar-refractivity contribution >= 4 is 27.0 Å². The van der Waals surface area contributed by atoms with E-state index < -0.39 is 41.9 Å². The van der Waals surface area contributed by atoms with Crippen molar-refractivity contribution in [1.29, 1.82) is 0 Å². The molecule has 2 aromatic rings. The summed E-state index contributed by atoms with van der Waals surface area (Å²) in [7, 11) is 0. The van der Waals surface area contributed by atoms with Gasteiger partial charge in [0.15, 0.2) is 6.23 Å². The van der Waals surface area contributed by atoms with Crippen molar-refractivity contribution in [3.8, 4) is 0 Å². The number of aromatic amines is 1. The summed E-state index contributed by atoms with van der Waals surface area (Å²) < 4.78 is 6.67. The molecule has 1 saturated heterocycles. The highest BCUT2D eigenvalue weighted by Crippen LogP contribution is 2.37. The molecule has 3 rings (SSSR count). The number of ether oxygens (including phenoxy) is 1. The molecule has 4 atom stereocenters. The van der Waals surface area contributed by atoms with Gasteiger partial charge >= 0.3 is 5.69 Å². The van der Waals surface area contributed by atoms with E-state index in [0.717, 1.165) is 4.57 Å². The number of H-pyrrole nitrogens is 1. The maximum Gasteiger partial charge on any atom is 0.351 e. The summed E-state index contributed by atoms with van der Waals surface area (Å²) in [6.07, 6.45) is -2.27. The Hall–Kier alpha value is -1.59. The Balaban J connectivity index is 2.17. The molecule has 2 aromatic heterocycles. The van der Waals surface area contributed by atoms with Gasteiger partial charge in [0.1, 0.15) is 23.5 Å². The first kappa shape index (κ1) is 16.3. The number of hydrogen-bond acceptors (Lipinski definition) is 7. The lowest BCUT2D eigenvalue weighted by atomic mass is 9.96. The minimum Gasteiger partial charge on any atom is -0.394 e. The fourth-order valence-corrected chi connectivity index (χ4v) is 2.96. The number of aliphatic hydroxyl groups excluding tert-OH is 2. The van der Waals surface area contributed by atoms with Crippen LogP contribution >= 0.6 is 15.9 Å². The Morgan fingerprint density at radius 2 is 2.22 bits per heavy atom. The van der Waals surface area contributed by atoms with Gasteiger partial charge < -0.3 is 25.0 Å². The van der Waals surface area contributed by atoms with E-state index in [4.69, 9.17) is 4.74 Å². The van der Waals surface area contributed by atoms with Crippen LogP contribution in [0.3, 0.4) is 0 Å². The van der Waals surface area contributed by atoms with Crippen LogP contribution in [0.4, 0.5) is 0 Å². The van der Waals surface area contributed by atoms with Gasteiger partial charge in [0.05, 0.1) is 11.1 Å². The van der Waals surface area contributed by atoms with E-state index >= 15 is 0 Å². The molecule has 1 aliphatic heterocycles. The highest BCUT2D eigenvalue weighted by molar-refractivity contribution is 9.10. The standard InChI is InChI=1S/C13H14BrN3O6/c1-13(22)8(19)7(4-18)23-11(13)17-3-5-2-6(14)10(20)15-9(5)16-12(17)21/h2-3,7-8,11,18-19,22H,4H2,1H3,(H,15,16,20,21)/t7-,8-,11-,13-/m1/s1. The van der Waals surface area contributed by atoms with Crippen molar-refractivity contribution in [3.63, 3.8) is 0 Å². The van der Waals surface area contributed by atoms with Crippen molar-refractivity contribution in [2.75, 3.05) is 6.61 Å². The van der Waals surface area contributed by atoms with E-state index in [1.165, 1.54) is 19.2 Å². The molecular weight excluding hydrogens is 374 g/mol. The van der Waals surface area contributed by atoms with Gasteiger partial charge in [-0.1, -0.05) is 0 Å². The minimum atomic E-state index is -1.80. The summed E-state index contributed by atoms with van der Waals surface area (Å²) in [5, 5.41) is 30.1. The average molecular weight is 388 g/mol.